The summed E-state index contributed by atoms with van der Waals surface area (Å²) in [5.41, 5.74) is 7.20. The number of pyridine rings is 2. The van der Waals surface area contributed by atoms with Crippen LogP contribution in [0.5, 0.6) is 0 Å². The van der Waals surface area contributed by atoms with E-state index in [-0.39, 0.29) is 5.56 Å². The summed E-state index contributed by atoms with van der Waals surface area (Å²) in [5.74, 6) is 0.440. The Morgan fingerprint density at radius 2 is 2.20 bits per heavy atom. The number of aromatic nitrogens is 2. The molecule has 0 fully saturated rings. The van der Waals surface area contributed by atoms with Crippen molar-refractivity contribution < 1.29 is 0 Å². The zero-order valence-electron chi connectivity index (χ0n) is 8.82. The number of hydrogen-bond donors (Lipinski definition) is 1. The average molecular weight is 203 g/mol. The second-order valence-electron chi connectivity index (χ2n) is 3.52. The van der Waals surface area contributed by atoms with Crippen molar-refractivity contribution in [3.8, 4) is 0 Å². The van der Waals surface area contributed by atoms with Gasteiger partial charge >= 0.3 is 0 Å². The van der Waals surface area contributed by atoms with Crippen LogP contribution in [-0.4, -0.2) is 9.55 Å². The van der Waals surface area contributed by atoms with E-state index in [1.165, 1.54) is 0 Å². The molecule has 2 N–H and O–H groups in total. The van der Waals surface area contributed by atoms with Crippen molar-refractivity contribution in [3.63, 3.8) is 0 Å². The molecule has 0 saturated carbocycles. The van der Waals surface area contributed by atoms with Gasteiger partial charge < -0.3 is 5.73 Å². The maximum absolute atomic E-state index is 11.7. The lowest BCUT2D eigenvalue weighted by molar-refractivity contribution is 0.749. The van der Waals surface area contributed by atoms with Gasteiger partial charge in [0.05, 0.1) is 0 Å². The molecule has 78 valence electrons. The maximum atomic E-state index is 11.7. The highest BCUT2D eigenvalue weighted by Gasteiger charge is 2.06. The van der Waals surface area contributed by atoms with E-state index in [0.717, 1.165) is 10.9 Å². The van der Waals surface area contributed by atoms with Gasteiger partial charge in [0, 0.05) is 18.0 Å². The van der Waals surface area contributed by atoms with Gasteiger partial charge in [-0.2, -0.15) is 0 Å². The summed E-state index contributed by atoms with van der Waals surface area (Å²) >= 11 is 0. The van der Waals surface area contributed by atoms with E-state index in [9.17, 15) is 4.79 Å². The van der Waals surface area contributed by atoms with Gasteiger partial charge in [-0.1, -0.05) is 0 Å². The minimum Gasteiger partial charge on any atom is -0.384 e. The third-order valence-corrected chi connectivity index (χ3v) is 2.50. The van der Waals surface area contributed by atoms with E-state index in [1.54, 1.807) is 16.7 Å². The zero-order valence-corrected chi connectivity index (χ0v) is 8.82. The highest BCUT2D eigenvalue weighted by molar-refractivity contribution is 5.80. The van der Waals surface area contributed by atoms with E-state index in [1.807, 2.05) is 19.9 Å². The van der Waals surface area contributed by atoms with E-state index in [4.69, 9.17) is 5.73 Å². The summed E-state index contributed by atoms with van der Waals surface area (Å²) in [5, 5.41) is 0.977. The molecule has 2 heterocycles. The highest BCUT2D eigenvalue weighted by Crippen LogP contribution is 2.15. The van der Waals surface area contributed by atoms with Gasteiger partial charge in [-0.15, -0.1) is 0 Å². The zero-order chi connectivity index (χ0) is 11.0. The summed E-state index contributed by atoms with van der Waals surface area (Å²) in [6.45, 7) is 4.43. The van der Waals surface area contributed by atoms with Crippen LogP contribution in [-0.2, 0) is 6.54 Å². The molecule has 0 aliphatic carbocycles. The smallest absolute Gasteiger partial charge is 0.252 e. The first kappa shape index (κ1) is 9.71. The number of anilines is 1. The third kappa shape index (κ3) is 1.48. The second kappa shape index (κ2) is 3.38. The molecule has 4 nitrogen and oxygen atoms in total. The van der Waals surface area contributed by atoms with Crippen molar-refractivity contribution in [1.82, 2.24) is 9.55 Å². The molecule has 0 bridgehead atoms. The monoisotopic (exact) mass is 203 g/mol. The minimum absolute atomic E-state index is 0.0272. The number of hydrogen-bond acceptors (Lipinski definition) is 3. The number of rotatable bonds is 1. The van der Waals surface area contributed by atoms with Gasteiger partial charge in [0.2, 0.25) is 0 Å². The molecule has 0 spiro atoms. The Morgan fingerprint density at radius 1 is 1.47 bits per heavy atom. The molecule has 0 atom stereocenters. The van der Waals surface area contributed by atoms with Gasteiger partial charge in [0.15, 0.2) is 0 Å². The maximum Gasteiger partial charge on any atom is 0.252 e. The second-order valence-corrected chi connectivity index (χ2v) is 3.52. The first-order chi connectivity index (χ1) is 7.13. The van der Waals surface area contributed by atoms with Crippen LogP contribution in [0, 0.1) is 6.92 Å². The topological polar surface area (TPSA) is 60.9 Å². The summed E-state index contributed by atoms with van der Waals surface area (Å²) < 4.78 is 1.62. The van der Waals surface area contributed by atoms with E-state index < -0.39 is 0 Å². The van der Waals surface area contributed by atoms with Crippen LogP contribution in [0.2, 0.25) is 0 Å². The van der Waals surface area contributed by atoms with Gasteiger partial charge in [0.25, 0.3) is 5.56 Å². The Kier molecular flexibility index (Phi) is 2.19. The lowest BCUT2D eigenvalue weighted by atomic mass is 10.2. The van der Waals surface area contributed by atoms with Crippen LogP contribution in [0.15, 0.2) is 23.0 Å². The average Bonchev–Trinajstić information content (AvgIpc) is 2.17. The van der Waals surface area contributed by atoms with Crippen LogP contribution in [0.3, 0.4) is 0 Å². The molecular formula is C11H13N3O. The number of nitrogens with zero attached hydrogens (tertiary/aromatic N) is 2. The fourth-order valence-electron chi connectivity index (χ4n) is 1.73. The molecule has 15 heavy (non-hydrogen) atoms. The lowest BCUT2D eigenvalue weighted by Gasteiger charge is -2.08. The molecule has 0 aliphatic heterocycles. The molecule has 0 radical (unpaired) electrons. The first-order valence-electron chi connectivity index (χ1n) is 4.90. The van der Waals surface area contributed by atoms with Gasteiger partial charge in [-0.05, 0) is 31.5 Å². The molecule has 0 unspecified atom stereocenters. The van der Waals surface area contributed by atoms with Crippen LogP contribution in [0.4, 0.5) is 5.82 Å². The number of fused-ring (bicyclic) bond motifs is 1. The molecule has 0 aliphatic rings. The van der Waals surface area contributed by atoms with E-state index in [0.29, 0.717) is 18.0 Å². The summed E-state index contributed by atoms with van der Waals surface area (Å²) in [4.78, 5) is 15.9. The van der Waals surface area contributed by atoms with Crippen molar-refractivity contribution in [2.24, 2.45) is 0 Å². The third-order valence-electron chi connectivity index (χ3n) is 2.50. The number of nitrogen functional groups attached to an aromatic ring is 1. The highest BCUT2D eigenvalue weighted by atomic mass is 16.1. The molecule has 0 saturated heterocycles. The fourth-order valence-corrected chi connectivity index (χ4v) is 1.73. The Labute approximate surface area is 87.4 Å². The summed E-state index contributed by atoms with van der Waals surface area (Å²) in [6, 6.07) is 5.28. The summed E-state index contributed by atoms with van der Waals surface area (Å²) in [7, 11) is 0. The van der Waals surface area contributed by atoms with Crippen molar-refractivity contribution in [2.75, 3.05) is 5.73 Å². The van der Waals surface area contributed by atoms with Gasteiger partial charge in [-0.3, -0.25) is 9.36 Å². The SMILES string of the molecule is CCn1c(=O)cc(C)c2ccc(N)nc21. The van der Waals surface area contributed by atoms with E-state index >= 15 is 0 Å². The molecule has 2 aromatic heterocycles. The molecule has 2 aromatic rings. The van der Waals surface area contributed by atoms with Gasteiger partial charge in [-0.25, -0.2) is 4.98 Å². The Bertz CT molecular complexity index is 572. The minimum atomic E-state index is -0.0272. The van der Waals surface area contributed by atoms with Crippen molar-refractivity contribution in [2.45, 2.75) is 20.4 Å². The fraction of sp³-hybridized carbons (Fsp3) is 0.273. The lowest BCUT2D eigenvalue weighted by Crippen LogP contribution is -2.20. The molecule has 0 amide bonds. The van der Waals surface area contributed by atoms with Crippen molar-refractivity contribution in [3.05, 3.63) is 34.1 Å². The van der Waals surface area contributed by atoms with Crippen molar-refractivity contribution >= 4 is 16.9 Å². The van der Waals surface area contributed by atoms with Gasteiger partial charge in [0.1, 0.15) is 11.5 Å². The predicted octanol–water partition coefficient (Wildman–Crippen LogP) is 1.31. The standard InChI is InChI=1S/C11H13N3O/c1-3-14-10(15)6-7(2)8-4-5-9(12)13-11(8)14/h4-6H,3H2,1-2H3,(H2,12,13). The van der Waals surface area contributed by atoms with Crippen molar-refractivity contribution in [1.29, 1.82) is 0 Å². The predicted molar refractivity (Wildman–Crippen MR) is 60.8 cm³/mol. The Morgan fingerprint density at radius 3 is 2.87 bits per heavy atom. The molecule has 0 aromatic carbocycles. The largest absolute Gasteiger partial charge is 0.384 e. The normalized spacial score (nSPS) is 10.8. The van der Waals surface area contributed by atoms with E-state index in [2.05, 4.69) is 4.98 Å². The quantitative estimate of drug-likeness (QED) is 0.760. The number of aryl methyl sites for hydroxylation is 2. The first-order valence-corrected chi connectivity index (χ1v) is 4.90. The van der Waals surface area contributed by atoms with Crippen LogP contribution in [0.1, 0.15) is 12.5 Å². The Balaban J connectivity index is 2.98. The number of nitrogens with two attached hydrogens (primary N) is 1. The molecule has 2 rings (SSSR count). The van der Waals surface area contributed by atoms with Crippen LogP contribution in [0.25, 0.3) is 11.0 Å². The van der Waals surface area contributed by atoms with Crippen LogP contribution < -0.4 is 11.3 Å². The molecule has 4 heteroatoms. The molecular weight excluding hydrogens is 190 g/mol. The summed E-state index contributed by atoms with van der Waals surface area (Å²) in [6.07, 6.45) is 0. The Hall–Kier alpha value is -1.84. The van der Waals surface area contributed by atoms with Crippen LogP contribution >= 0.6 is 0 Å².